The van der Waals surface area contributed by atoms with Crippen molar-refractivity contribution in [2.45, 2.75) is 0 Å². The Morgan fingerprint density at radius 2 is 1.53 bits per heavy atom. The van der Waals surface area contributed by atoms with Crippen LogP contribution in [0.5, 0.6) is 11.5 Å². The van der Waals surface area contributed by atoms with Crippen LogP contribution in [0.4, 0.5) is 0 Å². The molecule has 0 aromatic heterocycles. The van der Waals surface area contributed by atoms with Crippen LogP contribution in [0.1, 0.15) is 16.7 Å². The maximum absolute atomic E-state index is 9.56. The molecule has 0 aliphatic heterocycles. The molecule has 4 nitrogen and oxygen atoms in total. The fourth-order valence-electron chi connectivity index (χ4n) is 1.66. The normalized spacial score (nSPS) is 10.7. The van der Waals surface area contributed by atoms with E-state index in [0.29, 0.717) is 5.56 Å². The van der Waals surface area contributed by atoms with Gasteiger partial charge in [0.1, 0.15) is 17.3 Å². The third-order valence-electron chi connectivity index (χ3n) is 2.61. The monoisotopic (exact) mass is 254 g/mol. The summed E-state index contributed by atoms with van der Waals surface area (Å²) in [6.45, 7) is 0. The van der Waals surface area contributed by atoms with Gasteiger partial charge in [-0.05, 0) is 41.5 Å². The molecule has 0 amide bonds. The van der Waals surface area contributed by atoms with E-state index < -0.39 is 0 Å². The summed E-state index contributed by atoms with van der Waals surface area (Å²) in [5.74, 6) is 0.196. The summed E-state index contributed by atoms with van der Waals surface area (Å²) in [4.78, 5) is 0. The predicted octanol–water partition coefficient (Wildman–Crippen LogP) is 2.55. The van der Waals surface area contributed by atoms with Crippen LogP contribution in [0.25, 0.3) is 12.2 Å². The average Bonchev–Trinajstić information content (AvgIpc) is 2.37. The number of nitrogens with two attached hydrogens (primary N) is 1. The van der Waals surface area contributed by atoms with Crippen LogP contribution in [0.3, 0.4) is 0 Å². The van der Waals surface area contributed by atoms with Gasteiger partial charge in [0.25, 0.3) is 0 Å². The Morgan fingerprint density at radius 1 is 0.895 bits per heavy atom. The molecule has 2 rings (SSSR count). The van der Waals surface area contributed by atoms with Crippen molar-refractivity contribution in [1.29, 1.82) is 5.41 Å². The molecule has 2 aromatic rings. The summed E-state index contributed by atoms with van der Waals surface area (Å²) >= 11 is 0. The molecule has 0 aliphatic carbocycles. The summed E-state index contributed by atoms with van der Waals surface area (Å²) in [5.41, 5.74) is 7.54. The maximum Gasteiger partial charge on any atom is 0.122 e. The van der Waals surface area contributed by atoms with E-state index >= 15 is 0 Å². The molecule has 0 bridgehead atoms. The third kappa shape index (κ3) is 3.35. The summed E-state index contributed by atoms with van der Waals surface area (Å²) in [6.07, 6.45) is 3.65. The standard InChI is InChI=1S/C15H14N2O2/c16-15(17)12-7-11(8-14(19)9-12)2-1-10-3-5-13(18)6-4-10/h1-9,18-19H,(H3,16,17). The number of aromatic hydroxyl groups is 2. The van der Waals surface area contributed by atoms with Crippen molar-refractivity contribution in [3.05, 3.63) is 59.2 Å². The Kier molecular flexibility index (Phi) is 3.52. The van der Waals surface area contributed by atoms with Gasteiger partial charge in [0.15, 0.2) is 0 Å². The van der Waals surface area contributed by atoms with E-state index in [9.17, 15) is 10.2 Å². The summed E-state index contributed by atoms with van der Waals surface area (Å²) in [7, 11) is 0. The lowest BCUT2D eigenvalue weighted by Gasteiger charge is -2.02. The van der Waals surface area contributed by atoms with Gasteiger partial charge in [-0.1, -0.05) is 24.3 Å². The van der Waals surface area contributed by atoms with Crippen molar-refractivity contribution >= 4 is 18.0 Å². The van der Waals surface area contributed by atoms with E-state index in [1.165, 1.54) is 6.07 Å². The fraction of sp³-hybridized carbons (Fsp3) is 0. The molecule has 2 aromatic carbocycles. The summed E-state index contributed by atoms with van der Waals surface area (Å²) in [6, 6.07) is 11.5. The number of rotatable bonds is 3. The van der Waals surface area contributed by atoms with Gasteiger partial charge in [0.2, 0.25) is 0 Å². The van der Waals surface area contributed by atoms with Crippen molar-refractivity contribution in [3.63, 3.8) is 0 Å². The number of benzene rings is 2. The minimum atomic E-state index is -0.0878. The van der Waals surface area contributed by atoms with Gasteiger partial charge in [-0.25, -0.2) is 0 Å². The third-order valence-corrected chi connectivity index (χ3v) is 2.61. The zero-order valence-electron chi connectivity index (χ0n) is 10.2. The lowest BCUT2D eigenvalue weighted by Crippen LogP contribution is -2.10. The lowest BCUT2D eigenvalue weighted by atomic mass is 10.1. The predicted molar refractivity (Wildman–Crippen MR) is 76.2 cm³/mol. The molecular weight excluding hydrogens is 240 g/mol. The molecule has 0 unspecified atom stereocenters. The molecule has 0 fully saturated rings. The maximum atomic E-state index is 9.56. The van der Waals surface area contributed by atoms with Gasteiger partial charge in [0.05, 0.1) is 0 Å². The van der Waals surface area contributed by atoms with E-state index in [1.807, 2.05) is 6.08 Å². The Bertz CT molecular complexity index is 631. The first-order valence-corrected chi connectivity index (χ1v) is 5.70. The molecule has 0 aliphatic rings. The van der Waals surface area contributed by atoms with Crippen LogP contribution in [-0.4, -0.2) is 16.0 Å². The molecular formula is C15H14N2O2. The summed E-state index contributed by atoms with van der Waals surface area (Å²) < 4.78 is 0. The molecule has 0 saturated carbocycles. The highest BCUT2D eigenvalue weighted by atomic mass is 16.3. The second kappa shape index (κ2) is 5.27. The molecule has 0 radical (unpaired) electrons. The van der Waals surface area contributed by atoms with Crippen LogP contribution in [0.2, 0.25) is 0 Å². The van der Waals surface area contributed by atoms with E-state index in [2.05, 4.69) is 0 Å². The van der Waals surface area contributed by atoms with E-state index in [4.69, 9.17) is 11.1 Å². The second-order valence-corrected chi connectivity index (χ2v) is 4.15. The number of phenols is 2. The zero-order valence-corrected chi connectivity index (χ0v) is 10.2. The highest BCUT2D eigenvalue weighted by Crippen LogP contribution is 2.18. The smallest absolute Gasteiger partial charge is 0.122 e. The molecule has 4 heteroatoms. The Morgan fingerprint density at radius 3 is 2.16 bits per heavy atom. The van der Waals surface area contributed by atoms with Gasteiger partial charge >= 0.3 is 0 Å². The van der Waals surface area contributed by atoms with E-state index in [0.717, 1.165) is 11.1 Å². The van der Waals surface area contributed by atoms with Crippen LogP contribution in [-0.2, 0) is 0 Å². The Labute approximate surface area is 111 Å². The first-order valence-electron chi connectivity index (χ1n) is 5.70. The largest absolute Gasteiger partial charge is 0.508 e. The summed E-state index contributed by atoms with van der Waals surface area (Å²) in [5, 5.41) is 26.1. The molecule has 96 valence electrons. The van der Waals surface area contributed by atoms with Gasteiger partial charge in [-0.3, -0.25) is 5.41 Å². The van der Waals surface area contributed by atoms with E-state index in [1.54, 1.807) is 42.5 Å². The van der Waals surface area contributed by atoms with Crippen molar-refractivity contribution in [2.24, 2.45) is 5.73 Å². The first-order chi connectivity index (χ1) is 9.04. The van der Waals surface area contributed by atoms with Crippen molar-refractivity contribution in [2.75, 3.05) is 0 Å². The highest BCUT2D eigenvalue weighted by Gasteiger charge is 2.00. The molecule has 0 heterocycles. The fourth-order valence-corrected chi connectivity index (χ4v) is 1.66. The van der Waals surface area contributed by atoms with Crippen LogP contribution in [0.15, 0.2) is 42.5 Å². The number of hydrogen-bond acceptors (Lipinski definition) is 3. The zero-order chi connectivity index (χ0) is 13.8. The second-order valence-electron chi connectivity index (χ2n) is 4.15. The van der Waals surface area contributed by atoms with E-state index in [-0.39, 0.29) is 17.3 Å². The van der Waals surface area contributed by atoms with Crippen LogP contribution < -0.4 is 5.73 Å². The highest BCUT2D eigenvalue weighted by molar-refractivity contribution is 5.96. The minimum Gasteiger partial charge on any atom is -0.508 e. The average molecular weight is 254 g/mol. The SMILES string of the molecule is N=C(N)c1cc(O)cc(C=Cc2ccc(O)cc2)c1. The first kappa shape index (κ1) is 12.7. The number of hydrogen-bond donors (Lipinski definition) is 4. The molecule has 0 spiro atoms. The van der Waals surface area contributed by atoms with Crippen LogP contribution >= 0.6 is 0 Å². The molecule has 0 atom stereocenters. The minimum absolute atomic E-state index is 0.0676. The molecule has 0 saturated heterocycles. The van der Waals surface area contributed by atoms with Crippen LogP contribution in [0, 0.1) is 5.41 Å². The molecule has 19 heavy (non-hydrogen) atoms. The van der Waals surface area contributed by atoms with Gasteiger partial charge in [-0.2, -0.15) is 0 Å². The van der Waals surface area contributed by atoms with Gasteiger partial charge < -0.3 is 15.9 Å². The van der Waals surface area contributed by atoms with Crippen molar-refractivity contribution < 1.29 is 10.2 Å². The Balaban J connectivity index is 2.27. The number of nitrogen functional groups attached to an aromatic ring is 1. The topological polar surface area (TPSA) is 90.3 Å². The number of phenolic OH excluding ortho intramolecular Hbond substituents is 2. The number of amidine groups is 1. The lowest BCUT2D eigenvalue weighted by molar-refractivity contribution is 0.474. The molecule has 5 N–H and O–H groups in total. The van der Waals surface area contributed by atoms with Crippen molar-refractivity contribution in [3.8, 4) is 11.5 Å². The van der Waals surface area contributed by atoms with Gasteiger partial charge in [0, 0.05) is 5.56 Å². The van der Waals surface area contributed by atoms with Crippen molar-refractivity contribution in [1.82, 2.24) is 0 Å². The van der Waals surface area contributed by atoms with Gasteiger partial charge in [-0.15, -0.1) is 0 Å². The number of nitrogens with one attached hydrogen (secondary N) is 1. The quantitative estimate of drug-likeness (QED) is 0.385. The Hall–Kier alpha value is -2.75.